The van der Waals surface area contributed by atoms with E-state index in [4.69, 9.17) is 4.42 Å². The predicted octanol–water partition coefficient (Wildman–Crippen LogP) is 6.56. The fourth-order valence-electron chi connectivity index (χ4n) is 3.56. The van der Waals surface area contributed by atoms with E-state index in [1.54, 1.807) is 6.26 Å². The van der Waals surface area contributed by atoms with Gasteiger partial charge in [0.2, 0.25) is 0 Å². The van der Waals surface area contributed by atoms with Crippen LogP contribution in [0.25, 0.3) is 0 Å². The molecular formula is C22H20BrOPS. The van der Waals surface area contributed by atoms with Crippen molar-refractivity contribution in [3.63, 3.8) is 0 Å². The quantitative estimate of drug-likeness (QED) is 0.308. The Morgan fingerprint density at radius 1 is 0.731 bits per heavy atom. The van der Waals surface area contributed by atoms with Crippen LogP contribution in [0.3, 0.4) is 0 Å². The van der Waals surface area contributed by atoms with Crippen LogP contribution in [0.15, 0.2) is 101 Å². The molecule has 132 valence electrons. The Morgan fingerprint density at radius 2 is 1.38 bits per heavy atom. The normalized spacial score (nSPS) is 13.2. The first kappa shape index (κ1) is 17.7. The van der Waals surface area contributed by atoms with Gasteiger partial charge in [0.1, 0.15) is 0 Å². The van der Waals surface area contributed by atoms with E-state index in [0.29, 0.717) is 0 Å². The summed E-state index contributed by atoms with van der Waals surface area (Å²) in [6, 6.07) is 30.2. The van der Waals surface area contributed by atoms with E-state index in [-0.39, 0.29) is 0 Å². The number of hydrogen-bond donors (Lipinski definition) is 0. The van der Waals surface area contributed by atoms with E-state index in [9.17, 15) is 0 Å². The van der Waals surface area contributed by atoms with Gasteiger partial charge in [0.05, 0.1) is 0 Å². The third kappa shape index (κ3) is 3.20. The fraction of sp³-hybridized carbons (Fsp3) is 0.0909. The van der Waals surface area contributed by atoms with Gasteiger partial charge in [-0.25, -0.2) is 0 Å². The molecule has 4 heteroatoms. The van der Waals surface area contributed by atoms with Gasteiger partial charge in [-0.05, 0) is 0 Å². The van der Waals surface area contributed by atoms with E-state index in [0.717, 1.165) is 18.1 Å². The molecule has 0 aliphatic heterocycles. The summed E-state index contributed by atoms with van der Waals surface area (Å²) < 4.78 is 5.82. The molecule has 1 nitrogen and oxygen atoms in total. The molecule has 0 spiro atoms. The van der Waals surface area contributed by atoms with E-state index in [2.05, 4.69) is 99.7 Å². The van der Waals surface area contributed by atoms with Crippen LogP contribution in [0, 0.1) is 0 Å². The van der Waals surface area contributed by atoms with Crippen LogP contribution in [0.5, 0.6) is 0 Å². The van der Waals surface area contributed by atoms with Gasteiger partial charge >= 0.3 is 167 Å². The summed E-state index contributed by atoms with van der Waals surface area (Å²) in [6.45, 7) is 0. The zero-order chi connectivity index (χ0) is 17.9. The van der Waals surface area contributed by atoms with E-state index < -0.39 is 5.31 Å². The summed E-state index contributed by atoms with van der Waals surface area (Å²) >= 11 is 6.25. The van der Waals surface area contributed by atoms with Crippen LogP contribution in [-0.2, 0) is 12.3 Å². The molecule has 0 fully saturated rings. The summed E-state index contributed by atoms with van der Waals surface area (Å²) in [7, 11) is 0. The van der Waals surface area contributed by atoms with E-state index in [1.165, 1.54) is 15.5 Å². The van der Waals surface area contributed by atoms with Gasteiger partial charge in [-0.3, -0.25) is 0 Å². The van der Waals surface area contributed by atoms with Crippen molar-refractivity contribution in [2.45, 2.75) is 12.3 Å². The Morgan fingerprint density at radius 3 is 1.88 bits per heavy atom. The summed E-state index contributed by atoms with van der Waals surface area (Å²) in [4.78, 5) is 1.39. The average molecular weight is 443 g/mol. The fourth-order valence-corrected chi connectivity index (χ4v) is 13.1. The van der Waals surface area contributed by atoms with Gasteiger partial charge in [-0.15, -0.1) is 0 Å². The molecule has 26 heavy (non-hydrogen) atoms. The van der Waals surface area contributed by atoms with Crippen LogP contribution in [0.2, 0.25) is 0 Å². The Bertz CT molecular complexity index is 870. The second kappa shape index (κ2) is 7.15. The minimum absolute atomic E-state index is 0.852. The standard InChI is InChI=1S/C22H20BrOPS/c23-25(17-19-9-7-15-24-19,18-22-14-8-16-26-22,20-10-3-1-4-11-20)21-12-5-2-6-13-21/h1-16H,17-18H2. The molecule has 2 aromatic carbocycles. The molecule has 0 saturated heterocycles. The minimum atomic E-state index is -2.74. The van der Waals surface area contributed by atoms with Crippen LogP contribution in [-0.4, -0.2) is 0 Å². The van der Waals surface area contributed by atoms with Crippen LogP contribution < -0.4 is 10.6 Å². The van der Waals surface area contributed by atoms with Gasteiger partial charge in [-0.2, -0.15) is 0 Å². The van der Waals surface area contributed by atoms with Crippen LogP contribution in [0.1, 0.15) is 10.6 Å². The average Bonchev–Trinajstić information content (AvgIpc) is 3.38. The van der Waals surface area contributed by atoms with Crippen molar-refractivity contribution in [2.75, 3.05) is 0 Å². The van der Waals surface area contributed by atoms with E-state index >= 15 is 0 Å². The molecule has 0 radical (unpaired) electrons. The molecule has 2 aromatic heterocycles. The molecular weight excluding hydrogens is 423 g/mol. The molecule has 0 bridgehead atoms. The van der Waals surface area contributed by atoms with Crippen molar-refractivity contribution < 1.29 is 4.42 Å². The Labute approximate surface area is 166 Å². The first-order valence-corrected chi connectivity index (χ1v) is 14.1. The van der Waals surface area contributed by atoms with Crippen molar-refractivity contribution in [2.24, 2.45) is 0 Å². The van der Waals surface area contributed by atoms with Gasteiger partial charge in [0, 0.05) is 0 Å². The van der Waals surface area contributed by atoms with Crippen molar-refractivity contribution in [3.05, 3.63) is 107 Å². The molecule has 4 aromatic rings. The summed E-state index contributed by atoms with van der Waals surface area (Å²) in [6.07, 6.45) is 3.59. The molecule has 0 amide bonds. The first-order valence-electron chi connectivity index (χ1n) is 8.57. The zero-order valence-corrected chi connectivity index (χ0v) is 17.6. The maximum atomic E-state index is 5.82. The third-order valence-corrected chi connectivity index (χ3v) is 14.8. The van der Waals surface area contributed by atoms with Gasteiger partial charge in [-0.1, -0.05) is 0 Å². The first-order chi connectivity index (χ1) is 12.7. The monoisotopic (exact) mass is 442 g/mol. The van der Waals surface area contributed by atoms with Crippen LogP contribution >= 0.6 is 32.1 Å². The van der Waals surface area contributed by atoms with Crippen LogP contribution in [0.4, 0.5) is 0 Å². The summed E-state index contributed by atoms with van der Waals surface area (Å²) in [5, 5.41) is 2.13. The molecule has 0 atom stereocenters. The predicted molar refractivity (Wildman–Crippen MR) is 118 cm³/mol. The number of furan rings is 1. The third-order valence-electron chi connectivity index (χ3n) is 4.83. The Balaban J connectivity index is 1.99. The van der Waals surface area contributed by atoms with E-state index in [1.807, 2.05) is 17.4 Å². The molecule has 0 N–H and O–H groups in total. The Kier molecular flexibility index (Phi) is 4.88. The molecule has 0 unspecified atom stereocenters. The topological polar surface area (TPSA) is 13.1 Å². The number of rotatable bonds is 6. The molecule has 0 aliphatic rings. The number of benzene rings is 2. The van der Waals surface area contributed by atoms with Gasteiger partial charge in [0.25, 0.3) is 0 Å². The zero-order valence-electron chi connectivity index (χ0n) is 14.3. The van der Waals surface area contributed by atoms with Gasteiger partial charge in [0.15, 0.2) is 0 Å². The van der Waals surface area contributed by atoms with Crippen molar-refractivity contribution in [3.8, 4) is 0 Å². The van der Waals surface area contributed by atoms with Gasteiger partial charge < -0.3 is 0 Å². The molecule has 4 rings (SSSR count). The molecule has 2 heterocycles. The van der Waals surface area contributed by atoms with Crippen molar-refractivity contribution >= 4 is 42.7 Å². The number of halogens is 1. The van der Waals surface area contributed by atoms with Crippen molar-refractivity contribution in [1.82, 2.24) is 0 Å². The summed E-state index contributed by atoms with van der Waals surface area (Å²) in [5.74, 6) is 1.02. The summed E-state index contributed by atoms with van der Waals surface area (Å²) in [5.41, 5.74) is 0. The maximum absolute atomic E-state index is 5.82. The Hall–Kier alpha value is -1.67. The molecule has 0 aliphatic carbocycles. The SMILES string of the molecule is BrP(Cc1ccco1)(Cc1cccs1)(c1ccccc1)c1ccccc1. The number of hydrogen-bond acceptors (Lipinski definition) is 2. The molecule has 0 saturated carbocycles. The second-order valence-corrected chi connectivity index (χ2v) is 17.1. The van der Waals surface area contributed by atoms with Crippen molar-refractivity contribution in [1.29, 1.82) is 0 Å². The second-order valence-electron chi connectivity index (χ2n) is 6.52. The number of thiophene rings is 1.